The van der Waals surface area contributed by atoms with Crippen LogP contribution in [-0.2, 0) is 21.7 Å². The van der Waals surface area contributed by atoms with Crippen LogP contribution in [0.25, 0.3) is 5.32 Å². The first-order chi connectivity index (χ1) is 11.8. The molecule has 0 aliphatic heterocycles. The molecule has 0 bridgehead atoms. The van der Waals surface area contributed by atoms with Gasteiger partial charge in [-0.25, -0.2) is 0 Å². The Bertz CT molecular complexity index is 183. The molecule has 0 radical (unpaired) electrons. The summed E-state index contributed by atoms with van der Waals surface area (Å²) in [6.45, 7) is 9.30. The Kier molecular flexibility index (Phi) is 59.7. The van der Waals surface area contributed by atoms with Crippen LogP contribution >= 0.6 is 24.8 Å². The number of halogens is 2. The second-order valence-electron chi connectivity index (χ2n) is 6.99. The molecule has 5 heteroatoms. The predicted octanol–water partition coefficient (Wildman–Crippen LogP) is 8.48. The van der Waals surface area contributed by atoms with E-state index in [1.54, 1.807) is 0 Å². The zero-order valence-electron chi connectivity index (χ0n) is 18.6. The Hall–Kier alpha value is 1.21. The quantitative estimate of drug-likeness (QED) is 0.161. The Morgan fingerprint density at radius 3 is 1.11 bits per heavy atom. The summed E-state index contributed by atoms with van der Waals surface area (Å²) in [7, 11) is 0. The third-order valence-electron chi connectivity index (χ3n) is 4.35. The summed E-state index contributed by atoms with van der Waals surface area (Å²) in [5.74, 6) is 0. The van der Waals surface area contributed by atoms with Crippen molar-refractivity contribution in [3.8, 4) is 0 Å². The summed E-state index contributed by atoms with van der Waals surface area (Å²) in [5.41, 5.74) is 0. The van der Waals surface area contributed by atoms with Gasteiger partial charge in [-0.15, -0.1) is 37.9 Å². The molecule has 0 atom stereocenters. The molecule has 0 aliphatic carbocycles. The molecular formula is C22H50Cl2NOTi-. The average Bonchev–Trinajstić information content (AvgIpc) is 2.60. The first-order valence-corrected chi connectivity index (χ1v) is 11.1. The van der Waals surface area contributed by atoms with E-state index in [4.69, 9.17) is 5.11 Å². The van der Waals surface area contributed by atoms with Gasteiger partial charge in [0.25, 0.3) is 0 Å². The van der Waals surface area contributed by atoms with E-state index in [2.05, 4.69) is 26.1 Å². The van der Waals surface area contributed by atoms with E-state index in [-0.39, 0.29) is 46.5 Å². The molecule has 168 valence electrons. The molecule has 0 aromatic rings. The summed E-state index contributed by atoms with van der Waals surface area (Å²) in [6.07, 6.45) is 21.3. The number of unbranched alkanes of at least 4 members (excludes halogenated alkanes) is 13. The van der Waals surface area contributed by atoms with Crippen molar-refractivity contribution in [1.82, 2.24) is 0 Å². The number of rotatable bonds is 18. The maximum Gasteiger partial charge on any atom is 0.0431 e. The molecule has 0 aromatic heterocycles. The van der Waals surface area contributed by atoms with Gasteiger partial charge >= 0.3 is 0 Å². The molecule has 1 N–H and O–H groups in total. The Balaban J connectivity index is -0.000000139. The van der Waals surface area contributed by atoms with E-state index < -0.39 is 0 Å². The minimum Gasteiger partial charge on any atom is -0.662 e. The van der Waals surface area contributed by atoms with Gasteiger partial charge in [0.05, 0.1) is 0 Å². The normalized spacial score (nSPS) is 9.33. The molecule has 2 nitrogen and oxygen atoms in total. The molecule has 0 unspecified atom stereocenters. The third-order valence-corrected chi connectivity index (χ3v) is 4.35. The largest absolute Gasteiger partial charge is 0.662 e. The topological polar surface area (TPSA) is 34.3 Å². The summed E-state index contributed by atoms with van der Waals surface area (Å²) in [5, 5.41) is 12.9. The molecule has 0 rings (SSSR count). The van der Waals surface area contributed by atoms with Crippen LogP contribution in [0.1, 0.15) is 124 Å². The SMILES string of the molecule is CCCCCCCC[N-]CCCCCCCC.CCCCCCO.Cl.Cl.[Ti]. The van der Waals surface area contributed by atoms with Crippen molar-refractivity contribution >= 4 is 24.8 Å². The summed E-state index contributed by atoms with van der Waals surface area (Å²) >= 11 is 0. The Morgan fingerprint density at radius 2 is 0.778 bits per heavy atom. The first-order valence-electron chi connectivity index (χ1n) is 11.1. The average molecular weight is 463 g/mol. The van der Waals surface area contributed by atoms with Gasteiger partial charge in [-0.1, -0.05) is 117 Å². The van der Waals surface area contributed by atoms with Crippen LogP contribution in [0.5, 0.6) is 0 Å². The van der Waals surface area contributed by atoms with Crippen molar-refractivity contribution in [2.24, 2.45) is 0 Å². The number of aliphatic hydroxyl groups is 1. The predicted molar refractivity (Wildman–Crippen MR) is 126 cm³/mol. The van der Waals surface area contributed by atoms with E-state index in [1.807, 2.05) is 0 Å². The molecule has 0 aromatic carbocycles. The summed E-state index contributed by atoms with van der Waals surface area (Å²) in [6, 6.07) is 0. The van der Waals surface area contributed by atoms with E-state index in [0.717, 1.165) is 19.5 Å². The van der Waals surface area contributed by atoms with Crippen molar-refractivity contribution in [1.29, 1.82) is 0 Å². The number of hydrogen-bond acceptors (Lipinski definition) is 1. The second-order valence-corrected chi connectivity index (χ2v) is 6.99. The van der Waals surface area contributed by atoms with E-state index >= 15 is 0 Å². The standard InChI is InChI=1S/C16H34N.C6H14O.2ClH.Ti/c1-3-5-7-9-11-13-15-17-16-14-12-10-8-6-4-2;1-2-3-4-5-6-7;;;/h3-16H2,1-2H3;7H,2-6H2,1H3;2*1H;/q-1;;;;. The summed E-state index contributed by atoms with van der Waals surface area (Å²) < 4.78 is 0. The number of aliphatic hydroxyl groups excluding tert-OH is 1. The van der Waals surface area contributed by atoms with Crippen molar-refractivity contribution in [2.45, 2.75) is 124 Å². The summed E-state index contributed by atoms with van der Waals surface area (Å²) in [4.78, 5) is 0. The fourth-order valence-corrected chi connectivity index (χ4v) is 2.66. The fraction of sp³-hybridized carbons (Fsp3) is 1.00. The molecule has 27 heavy (non-hydrogen) atoms. The van der Waals surface area contributed by atoms with Crippen LogP contribution in [0.15, 0.2) is 0 Å². The third kappa shape index (κ3) is 46.9. The zero-order valence-corrected chi connectivity index (χ0v) is 21.8. The molecule has 0 saturated carbocycles. The Morgan fingerprint density at radius 1 is 0.481 bits per heavy atom. The first kappa shape index (κ1) is 38.8. The van der Waals surface area contributed by atoms with Gasteiger partial charge in [-0.05, 0) is 6.42 Å². The molecule has 0 spiro atoms. The second kappa shape index (κ2) is 41.6. The number of hydrogen-bond donors (Lipinski definition) is 1. The van der Waals surface area contributed by atoms with Crippen LogP contribution < -0.4 is 0 Å². The van der Waals surface area contributed by atoms with Gasteiger partial charge in [0, 0.05) is 28.3 Å². The van der Waals surface area contributed by atoms with Crippen LogP contribution in [0.4, 0.5) is 0 Å². The molecular weight excluding hydrogens is 413 g/mol. The van der Waals surface area contributed by atoms with Gasteiger partial charge in [-0.2, -0.15) is 0 Å². The van der Waals surface area contributed by atoms with Crippen LogP contribution in [0, 0.1) is 0 Å². The van der Waals surface area contributed by atoms with Gasteiger partial charge in [0.1, 0.15) is 0 Å². The minimum atomic E-state index is 0. The smallest absolute Gasteiger partial charge is 0.0431 e. The number of nitrogens with zero attached hydrogens (tertiary/aromatic N) is 1. The van der Waals surface area contributed by atoms with Crippen molar-refractivity contribution in [2.75, 3.05) is 19.7 Å². The molecule has 0 fully saturated rings. The van der Waals surface area contributed by atoms with Crippen molar-refractivity contribution < 1.29 is 26.8 Å². The van der Waals surface area contributed by atoms with Gasteiger partial charge in [0.2, 0.25) is 0 Å². The van der Waals surface area contributed by atoms with Gasteiger partial charge in [-0.3, -0.25) is 0 Å². The van der Waals surface area contributed by atoms with Gasteiger partial charge in [0.15, 0.2) is 0 Å². The minimum absolute atomic E-state index is 0. The maximum atomic E-state index is 8.29. The molecule has 0 saturated heterocycles. The van der Waals surface area contributed by atoms with Gasteiger partial charge < -0.3 is 10.4 Å². The Labute approximate surface area is 199 Å². The maximum absolute atomic E-state index is 8.29. The van der Waals surface area contributed by atoms with Crippen molar-refractivity contribution in [3.63, 3.8) is 0 Å². The van der Waals surface area contributed by atoms with E-state index in [9.17, 15) is 0 Å². The molecule has 0 heterocycles. The van der Waals surface area contributed by atoms with E-state index in [1.165, 1.54) is 96.3 Å². The zero-order chi connectivity index (χ0) is 18.1. The monoisotopic (exact) mass is 462 g/mol. The molecule has 0 aliphatic rings. The van der Waals surface area contributed by atoms with Crippen LogP contribution in [0.2, 0.25) is 0 Å². The molecule has 0 amide bonds. The van der Waals surface area contributed by atoms with E-state index in [0.29, 0.717) is 6.61 Å². The van der Waals surface area contributed by atoms with Crippen LogP contribution in [-0.4, -0.2) is 24.8 Å². The fourth-order valence-electron chi connectivity index (χ4n) is 2.66. The van der Waals surface area contributed by atoms with Crippen LogP contribution in [0.3, 0.4) is 0 Å². The van der Waals surface area contributed by atoms with Crippen molar-refractivity contribution in [3.05, 3.63) is 5.32 Å².